The van der Waals surface area contributed by atoms with Crippen LogP contribution < -0.4 is 10.2 Å². The van der Waals surface area contributed by atoms with Crippen molar-refractivity contribution < 1.29 is 0 Å². The van der Waals surface area contributed by atoms with Crippen LogP contribution >= 0.6 is 11.6 Å². The van der Waals surface area contributed by atoms with Crippen molar-refractivity contribution in [3.63, 3.8) is 0 Å². The Kier molecular flexibility index (Phi) is 3.71. The quantitative estimate of drug-likeness (QED) is 0.887. The Hall–Kier alpha value is -0.800. The van der Waals surface area contributed by atoms with E-state index in [2.05, 4.69) is 15.2 Å². The van der Waals surface area contributed by atoms with Gasteiger partial charge in [0.05, 0.1) is 5.02 Å². The van der Waals surface area contributed by atoms with Gasteiger partial charge in [0.1, 0.15) is 5.82 Å². The Balaban J connectivity index is 1.68. The van der Waals surface area contributed by atoms with Crippen LogP contribution in [0.3, 0.4) is 0 Å². The smallest absolute Gasteiger partial charge is 0.128 e. The van der Waals surface area contributed by atoms with Gasteiger partial charge in [0.25, 0.3) is 0 Å². The molecule has 0 radical (unpaired) electrons. The van der Waals surface area contributed by atoms with Crippen molar-refractivity contribution in [3.05, 3.63) is 23.4 Å². The predicted octanol–water partition coefficient (Wildman–Crippen LogP) is 2.70. The molecular weight excluding hydrogens is 246 g/mol. The van der Waals surface area contributed by atoms with Crippen molar-refractivity contribution in [1.82, 2.24) is 10.3 Å². The third-order valence-corrected chi connectivity index (χ3v) is 4.04. The molecule has 4 heteroatoms. The minimum absolute atomic E-state index is 0.626. The molecule has 2 heterocycles. The van der Waals surface area contributed by atoms with Gasteiger partial charge in [-0.25, -0.2) is 4.98 Å². The van der Waals surface area contributed by atoms with Gasteiger partial charge in [-0.15, -0.1) is 0 Å². The van der Waals surface area contributed by atoms with Crippen molar-refractivity contribution in [2.24, 2.45) is 5.92 Å². The Labute approximate surface area is 114 Å². The first-order chi connectivity index (χ1) is 8.81. The molecule has 3 nitrogen and oxygen atoms in total. The van der Waals surface area contributed by atoms with Gasteiger partial charge in [0, 0.05) is 25.3 Å². The number of rotatable bonds is 5. The number of nitrogens with one attached hydrogen (secondary N) is 1. The molecule has 0 aromatic carbocycles. The summed E-state index contributed by atoms with van der Waals surface area (Å²) in [5, 5.41) is 4.28. The van der Waals surface area contributed by atoms with Crippen molar-refractivity contribution in [1.29, 1.82) is 0 Å². The normalized spacial score (nSPS) is 23.3. The Morgan fingerprint density at radius 1 is 1.28 bits per heavy atom. The molecule has 1 aromatic rings. The van der Waals surface area contributed by atoms with E-state index in [1.807, 2.05) is 12.1 Å². The third kappa shape index (κ3) is 3.15. The lowest BCUT2D eigenvalue weighted by atomic mass is 10.2. The van der Waals surface area contributed by atoms with Gasteiger partial charge in [0.2, 0.25) is 0 Å². The highest BCUT2D eigenvalue weighted by molar-refractivity contribution is 6.30. The summed E-state index contributed by atoms with van der Waals surface area (Å²) in [6.45, 7) is 3.38. The number of hydrogen-bond acceptors (Lipinski definition) is 3. The fourth-order valence-corrected chi connectivity index (χ4v) is 2.72. The largest absolute Gasteiger partial charge is 0.355 e. The third-order valence-electron chi connectivity index (χ3n) is 3.81. The maximum absolute atomic E-state index is 5.91. The maximum atomic E-state index is 5.91. The summed E-state index contributed by atoms with van der Waals surface area (Å²) in [4.78, 5) is 6.90. The molecule has 2 aliphatic rings. The summed E-state index contributed by atoms with van der Waals surface area (Å²) in [5.74, 6) is 1.95. The minimum Gasteiger partial charge on any atom is -0.355 e. The molecule has 2 fully saturated rings. The average Bonchev–Trinajstić information content (AvgIpc) is 3.04. The monoisotopic (exact) mass is 265 g/mol. The second-order valence-corrected chi connectivity index (χ2v) is 5.91. The first-order valence-corrected chi connectivity index (χ1v) is 7.29. The van der Waals surface area contributed by atoms with Crippen LogP contribution in [0.15, 0.2) is 18.3 Å². The van der Waals surface area contributed by atoms with Gasteiger partial charge >= 0.3 is 0 Å². The lowest BCUT2D eigenvalue weighted by molar-refractivity contribution is 0.567. The molecule has 0 bridgehead atoms. The summed E-state index contributed by atoms with van der Waals surface area (Å²) >= 11 is 5.91. The number of halogens is 1. The van der Waals surface area contributed by atoms with E-state index in [0.29, 0.717) is 11.1 Å². The van der Waals surface area contributed by atoms with Crippen molar-refractivity contribution in [2.45, 2.75) is 31.7 Å². The lowest BCUT2D eigenvalue weighted by Gasteiger charge is -2.27. The second-order valence-electron chi connectivity index (χ2n) is 5.48. The van der Waals surface area contributed by atoms with Crippen LogP contribution in [0, 0.1) is 5.92 Å². The highest BCUT2D eigenvalue weighted by atomic mass is 35.5. The molecule has 1 saturated heterocycles. The summed E-state index contributed by atoms with van der Waals surface area (Å²) in [6, 6.07) is 4.60. The van der Waals surface area contributed by atoms with E-state index in [1.165, 1.54) is 25.7 Å². The number of pyridine rings is 1. The topological polar surface area (TPSA) is 28.2 Å². The molecule has 1 saturated carbocycles. The van der Waals surface area contributed by atoms with E-state index in [0.717, 1.165) is 31.4 Å². The lowest BCUT2D eigenvalue weighted by Crippen LogP contribution is -2.39. The van der Waals surface area contributed by atoms with E-state index >= 15 is 0 Å². The number of aromatic nitrogens is 1. The molecular formula is C14H20ClN3. The predicted molar refractivity (Wildman–Crippen MR) is 75.2 cm³/mol. The van der Waals surface area contributed by atoms with E-state index in [-0.39, 0.29) is 0 Å². The summed E-state index contributed by atoms with van der Waals surface area (Å²) in [7, 11) is 0. The van der Waals surface area contributed by atoms with Gasteiger partial charge in [0.15, 0.2) is 0 Å². The highest BCUT2D eigenvalue weighted by Crippen LogP contribution is 2.31. The number of hydrogen-bond donors (Lipinski definition) is 1. The van der Waals surface area contributed by atoms with Crippen LogP contribution in [0.2, 0.25) is 5.02 Å². The molecule has 18 heavy (non-hydrogen) atoms. The first-order valence-electron chi connectivity index (χ1n) is 6.91. The molecule has 1 N–H and O–H groups in total. The Bertz CT molecular complexity index is 383. The average molecular weight is 266 g/mol. The molecule has 0 amide bonds. The summed E-state index contributed by atoms with van der Waals surface area (Å²) in [6.07, 6.45) is 7.09. The van der Waals surface area contributed by atoms with E-state index in [4.69, 9.17) is 11.6 Å². The van der Waals surface area contributed by atoms with Crippen molar-refractivity contribution in [2.75, 3.05) is 24.5 Å². The van der Waals surface area contributed by atoms with Gasteiger partial charge in [-0.3, -0.25) is 0 Å². The minimum atomic E-state index is 0.626. The SMILES string of the molecule is Clc1ccc(N(CC2CC2)CC2CCCN2)nc1. The van der Waals surface area contributed by atoms with Crippen LogP contribution in [-0.2, 0) is 0 Å². The molecule has 1 aliphatic heterocycles. The number of anilines is 1. The standard InChI is InChI=1S/C14H20ClN3/c15-12-5-6-14(17-8-12)18(9-11-3-4-11)10-13-2-1-7-16-13/h5-6,8,11,13,16H,1-4,7,9-10H2. The summed E-state index contributed by atoms with van der Waals surface area (Å²) in [5.41, 5.74) is 0. The fraction of sp³-hybridized carbons (Fsp3) is 0.643. The van der Waals surface area contributed by atoms with Crippen LogP contribution in [0.4, 0.5) is 5.82 Å². The van der Waals surface area contributed by atoms with Gasteiger partial charge in [-0.05, 0) is 50.3 Å². The molecule has 98 valence electrons. The van der Waals surface area contributed by atoms with Crippen LogP contribution in [0.1, 0.15) is 25.7 Å². The van der Waals surface area contributed by atoms with Crippen LogP contribution in [0.25, 0.3) is 0 Å². The molecule has 1 aliphatic carbocycles. The van der Waals surface area contributed by atoms with E-state index in [9.17, 15) is 0 Å². The fourth-order valence-electron chi connectivity index (χ4n) is 2.61. The van der Waals surface area contributed by atoms with Crippen molar-refractivity contribution in [3.8, 4) is 0 Å². The van der Waals surface area contributed by atoms with E-state index in [1.54, 1.807) is 6.20 Å². The zero-order chi connectivity index (χ0) is 12.4. The molecule has 1 aromatic heterocycles. The molecule has 0 spiro atoms. The van der Waals surface area contributed by atoms with Gasteiger partial charge in [-0.2, -0.15) is 0 Å². The highest BCUT2D eigenvalue weighted by Gasteiger charge is 2.27. The molecule has 3 rings (SSSR count). The van der Waals surface area contributed by atoms with Gasteiger partial charge in [-0.1, -0.05) is 11.6 Å². The maximum Gasteiger partial charge on any atom is 0.128 e. The number of nitrogens with zero attached hydrogens (tertiary/aromatic N) is 2. The van der Waals surface area contributed by atoms with Crippen molar-refractivity contribution >= 4 is 17.4 Å². The van der Waals surface area contributed by atoms with Gasteiger partial charge < -0.3 is 10.2 Å². The van der Waals surface area contributed by atoms with Crippen LogP contribution in [0.5, 0.6) is 0 Å². The zero-order valence-electron chi connectivity index (χ0n) is 10.6. The summed E-state index contributed by atoms with van der Waals surface area (Å²) < 4.78 is 0. The first kappa shape index (κ1) is 12.2. The zero-order valence-corrected chi connectivity index (χ0v) is 11.4. The molecule has 1 unspecified atom stereocenters. The Morgan fingerprint density at radius 3 is 2.78 bits per heavy atom. The Morgan fingerprint density at radius 2 is 2.17 bits per heavy atom. The van der Waals surface area contributed by atoms with Crippen LogP contribution in [-0.4, -0.2) is 30.7 Å². The van der Waals surface area contributed by atoms with E-state index < -0.39 is 0 Å². The molecule has 1 atom stereocenters. The second kappa shape index (κ2) is 5.45.